The monoisotopic (exact) mass is 458 g/mol. The molecule has 4 rings (SSSR count). The van der Waals surface area contributed by atoms with Gasteiger partial charge in [0.15, 0.2) is 5.16 Å². The van der Waals surface area contributed by atoms with E-state index in [2.05, 4.69) is 20.8 Å². The van der Waals surface area contributed by atoms with Gasteiger partial charge in [0.1, 0.15) is 10.6 Å². The van der Waals surface area contributed by atoms with Crippen molar-refractivity contribution in [2.45, 2.75) is 70.2 Å². The van der Waals surface area contributed by atoms with Gasteiger partial charge < -0.3 is 9.47 Å². The fraction of sp³-hybridized carbons (Fsp3) is 0.500. The molecule has 1 atom stereocenters. The summed E-state index contributed by atoms with van der Waals surface area (Å²) in [4.78, 5) is 20.8. The molecule has 3 heterocycles. The fourth-order valence-electron chi connectivity index (χ4n) is 3.90. The highest BCUT2D eigenvalue weighted by molar-refractivity contribution is 7.99. The molecular weight excluding hydrogens is 428 g/mol. The van der Waals surface area contributed by atoms with Crippen molar-refractivity contribution >= 4 is 33.3 Å². The third kappa shape index (κ3) is 4.41. The van der Waals surface area contributed by atoms with Crippen molar-refractivity contribution in [3.63, 3.8) is 0 Å². The Balaban J connectivity index is 1.86. The van der Waals surface area contributed by atoms with Gasteiger partial charge in [-0.1, -0.05) is 38.5 Å². The summed E-state index contributed by atoms with van der Waals surface area (Å²) in [6.07, 6.45) is 5.13. The van der Waals surface area contributed by atoms with Crippen molar-refractivity contribution in [3.8, 4) is 11.4 Å². The Kier molecular flexibility index (Phi) is 6.74. The number of thiophene rings is 1. The molecule has 7 heteroatoms. The first-order chi connectivity index (χ1) is 15.0. The maximum atomic E-state index is 13.9. The molecular formula is C24H30N2O3S2. The minimum absolute atomic E-state index is 0.0195. The highest BCUT2D eigenvalue weighted by Crippen LogP contribution is 2.39. The number of ether oxygens (including phenoxy) is 2. The lowest BCUT2D eigenvalue weighted by atomic mass is 9.90. The predicted octanol–water partition coefficient (Wildman–Crippen LogP) is 5.98. The van der Waals surface area contributed by atoms with E-state index in [1.54, 1.807) is 34.8 Å². The van der Waals surface area contributed by atoms with Crippen LogP contribution in [0.25, 0.3) is 15.9 Å². The van der Waals surface area contributed by atoms with E-state index in [1.165, 1.54) is 12.8 Å². The van der Waals surface area contributed by atoms with Gasteiger partial charge in [-0.05, 0) is 49.6 Å². The largest absolute Gasteiger partial charge is 0.497 e. The van der Waals surface area contributed by atoms with Gasteiger partial charge in [-0.3, -0.25) is 9.36 Å². The highest BCUT2D eigenvalue weighted by Gasteiger charge is 2.33. The van der Waals surface area contributed by atoms with Gasteiger partial charge in [-0.25, -0.2) is 4.98 Å². The summed E-state index contributed by atoms with van der Waals surface area (Å²) in [5.41, 5.74) is 1.73. The van der Waals surface area contributed by atoms with E-state index >= 15 is 0 Å². The van der Waals surface area contributed by atoms with Crippen LogP contribution >= 0.6 is 23.1 Å². The lowest BCUT2D eigenvalue weighted by molar-refractivity contribution is -0.0543. The molecule has 3 aromatic rings. The van der Waals surface area contributed by atoms with Crippen LogP contribution in [0.5, 0.6) is 5.75 Å². The van der Waals surface area contributed by atoms with Crippen molar-refractivity contribution < 1.29 is 9.47 Å². The van der Waals surface area contributed by atoms with Crippen molar-refractivity contribution in [1.29, 1.82) is 0 Å². The van der Waals surface area contributed by atoms with Crippen LogP contribution in [-0.2, 0) is 17.8 Å². The molecule has 0 saturated heterocycles. The molecule has 0 spiro atoms. The summed E-state index contributed by atoms with van der Waals surface area (Å²) >= 11 is 3.28. The molecule has 166 valence electrons. The van der Waals surface area contributed by atoms with Crippen molar-refractivity contribution in [3.05, 3.63) is 45.1 Å². The molecule has 0 amide bonds. The van der Waals surface area contributed by atoms with E-state index in [-0.39, 0.29) is 11.2 Å². The number of aromatic nitrogens is 2. The zero-order valence-electron chi connectivity index (χ0n) is 18.7. The van der Waals surface area contributed by atoms with Crippen LogP contribution < -0.4 is 10.3 Å². The Morgan fingerprint density at radius 3 is 2.71 bits per heavy atom. The van der Waals surface area contributed by atoms with E-state index in [1.807, 2.05) is 24.3 Å². The number of unbranched alkanes of at least 4 members (excludes halogenated alkanes) is 2. The van der Waals surface area contributed by atoms with E-state index in [9.17, 15) is 4.79 Å². The number of hydrogen-bond acceptors (Lipinski definition) is 6. The van der Waals surface area contributed by atoms with Crippen LogP contribution in [0, 0.1) is 0 Å². The third-order valence-electron chi connectivity index (χ3n) is 6.04. The molecule has 1 aliphatic rings. The van der Waals surface area contributed by atoms with Crippen LogP contribution in [0.2, 0.25) is 0 Å². The lowest BCUT2D eigenvalue weighted by Gasteiger charge is -2.32. The average Bonchev–Trinajstić information content (AvgIpc) is 3.14. The summed E-state index contributed by atoms with van der Waals surface area (Å²) in [6.45, 7) is 7.03. The van der Waals surface area contributed by atoms with Gasteiger partial charge in [-0.2, -0.15) is 0 Å². The van der Waals surface area contributed by atoms with Gasteiger partial charge in [0.05, 0.1) is 30.4 Å². The number of nitrogens with zero attached hydrogens (tertiary/aromatic N) is 2. The predicted molar refractivity (Wildman–Crippen MR) is 129 cm³/mol. The highest BCUT2D eigenvalue weighted by atomic mass is 32.2. The molecule has 0 aliphatic carbocycles. The molecule has 5 nitrogen and oxygen atoms in total. The zero-order valence-corrected chi connectivity index (χ0v) is 20.3. The quantitative estimate of drug-likeness (QED) is 0.236. The van der Waals surface area contributed by atoms with E-state index in [4.69, 9.17) is 14.5 Å². The standard InChI is InChI=1S/C24H30N2O3S2/c1-5-7-8-13-30-23-25-21-20(18-14-24(3,6-2)29-15-19(18)31-21)22(27)26(23)16-9-11-17(28-4)12-10-16/h9-12H,5-8,13-15H2,1-4H3/t24-/m1/s1. The first-order valence-corrected chi connectivity index (χ1v) is 12.8. The number of fused-ring (bicyclic) bond motifs is 3. The summed E-state index contributed by atoms with van der Waals surface area (Å²) in [6, 6.07) is 7.65. The molecule has 0 fully saturated rings. The zero-order chi connectivity index (χ0) is 22.0. The number of hydrogen-bond donors (Lipinski definition) is 0. The molecule has 1 aliphatic heterocycles. The normalized spacial score (nSPS) is 18.3. The Bertz CT molecular complexity index is 1120. The molecule has 0 bridgehead atoms. The van der Waals surface area contributed by atoms with Crippen LogP contribution in [-0.4, -0.2) is 28.0 Å². The average molecular weight is 459 g/mol. The Labute approximate surface area is 191 Å². The molecule has 1 aromatic carbocycles. The third-order valence-corrected chi connectivity index (χ3v) is 8.16. The minimum atomic E-state index is -0.230. The molecule has 0 radical (unpaired) electrons. The first kappa shape index (κ1) is 22.4. The second-order valence-electron chi connectivity index (χ2n) is 8.24. The Morgan fingerprint density at radius 2 is 2.03 bits per heavy atom. The number of benzene rings is 1. The second-order valence-corrected chi connectivity index (χ2v) is 10.4. The van der Waals surface area contributed by atoms with Crippen LogP contribution in [0.3, 0.4) is 0 Å². The van der Waals surface area contributed by atoms with Crippen molar-refractivity contribution in [2.24, 2.45) is 0 Å². The summed E-state index contributed by atoms with van der Waals surface area (Å²) in [5.74, 6) is 1.72. The van der Waals surface area contributed by atoms with Gasteiger partial charge in [0, 0.05) is 17.1 Å². The first-order valence-electron chi connectivity index (χ1n) is 11.0. The minimum Gasteiger partial charge on any atom is -0.497 e. The molecule has 0 N–H and O–H groups in total. The molecule has 2 aromatic heterocycles. The van der Waals surface area contributed by atoms with E-state index in [0.29, 0.717) is 6.61 Å². The Hall–Kier alpha value is -1.83. The SMILES string of the molecule is CCCCCSc1nc2sc3c(c2c(=O)n1-c1ccc(OC)cc1)C[C@@](C)(CC)OC3. The molecule has 0 unspecified atom stereocenters. The topological polar surface area (TPSA) is 53.4 Å². The Morgan fingerprint density at radius 1 is 1.26 bits per heavy atom. The molecule has 0 saturated carbocycles. The smallest absolute Gasteiger partial charge is 0.267 e. The summed E-state index contributed by atoms with van der Waals surface area (Å²) in [7, 11) is 1.65. The number of thioether (sulfide) groups is 1. The summed E-state index contributed by atoms with van der Waals surface area (Å²) in [5, 5.41) is 1.52. The van der Waals surface area contributed by atoms with Gasteiger partial charge in [-0.15, -0.1) is 11.3 Å². The maximum absolute atomic E-state index is 13.9. The second kappa shape index (κ2) is 9.35. The van der Waals surface area contributed by atoms with Crippen molar-refractivity contribution in [1.82, 2.24) is 9.55 Å². The van der Waals surface area contributed by atoms with E-state index < -0.39 is 0 Å². The number of rotatable bonds is 8. The van der Waals surface area contributed by atoms with Crippen molar-refractivity contribution in [2.75, 3.05) is 12.9 Å². The maximum Gasteiger partial charge on any atom is 0.267 e. The van der Waals surface area contributed by atoms with Gasteiger partial charge in [0.25, 0.3) is 5.56 Å². The van der Waals surface area contributed by atoms with Crippen LogP contribution in [0.1, 0.15) is 56.9 Å². The summed E-state index contributed by atoms with van der Waals surface area (Å²) < 4.78 is 13.2. The number of methoxy groups -OCH3 is 1. The van der Waals surface area contributed by atoms with Gasteiger partial charge >= 0.3 is 0 Å². The lowest BCUT2D eigenvalue weighted by Crippen LogP contribution is -2.34. The van der Waals surface area contributed by atoms with Crippen LogP contribution in [0.15, 0.2) is 34.2 Å². The van der Waals surface area contributed by atoms with Gasteiger partial charge in [0.2, 0.25) is 0 Å². The fourth-order valence-corrected chi connectivity index (χ4v) is 6.05. The van der Waals surface area contributed by atoms with E-state index in [0.717, 1.165) is 62.3 Å². The van der Waals surface area contributed by atoms with Crippen LogP contribution in [0.4, 0.5) is 0 Å². The molecule has 31 heavy (non-hydrogen) atoms.